The molecule has 34 heavy (non-hydrogen) atoms. The van der Waals surface area contributed by atoms with Crippen molar-refractivity contribution in [3.8, 4) is 28.4 Å². The number of benzene rings is 2. The third kappa shape index (κ3) is 4.72. The van der Waals surface area contributed by atoms with Crippen molar-refractivity contribution in [2.45, 2.75) is 64.4 Å². The number of hydrogen-bond acceptors (Lipinski definition) is 6. The van der Waals surface area contributed by atoms with Crippen LogP contribution in [0.2, 0.25) is 0 Å². The highest BCUT2D eigenvalue weighted by Crippen LogP contribution is 2.45. The maximum absolute atomic E-state index is 12.0. The highest BCUT2D eigenvalue weighted by Gasteiger charge is 2.42. The minimum Gasteiger partial charge on any atom is -0.504 e. The van der Waals surface area contributed by atoms with Gasteiger partial charge in [0.15, 0.2) is 17.3 Å². The van der Waals surface area contributed by atoms with Gasteiger partial charge in [-0.05, 0) is 69.0 Å². The molecule has 0 aromatic heterocycles. The summed E-state index contributed by atoms with van der Waals surface area (Å²) < 4.78 is 24.2. The van der Waals surface area contributed by atoms with E-state index >= 15 is 0 Å². The van der Waals surface area contributed by atoms with E-state index in [1.54, 1.807) is 19.2 Å². The first-order valence-corrected chi connectivity index (χ1v) is 11.9. The van der Waals surface area contributed by atoms with Crippen LogP contribution in [0.25, 0.3) is 11.1 Å². The maximum atomic E-state index is 12.0. The van der Waals surface area contributed by atoms with Crippen molar-refractivity contribution in [2.75, 3.05) is 20.8 Å². The molecule has 2 aromatic carbocycles. The topological polar surface area (TPSA) is 86.3 Å². The van der Waals surface area contributed by atoms with Crippen molar-refractivity contribution in [2.24, 2.45) is 5.92 Å². The quantitative estimate of drug-likeness (QED) is 0.501. The van der Waals surface area contributed by atoms with Crippen LogP contribution in [0.3, 0.4) is 0 Å². The summed E-state index contributed by atoms with van der Waals surface area (Å²) >= 11 is 0. The van der Waals surface area contributed by atoms with E-state index in [1.165, 1.54) is 20.0 Å². The SMILES string of the molecule is COc1c(O)ccc(-c2ccc3c(c2)CNC3=O)c1OCC(C)(C)OC(C)(OC)C1CCCC1. The monoisotopic (exact) mass is 469 g/mol. The summed E-state index contributed by atoms with van der Waals surface area (Å²) in [6.45, 7) is 6.66. The lowest BCUT2D eigenvalue weighted by Crippen LogP contribution is -2.48. The average Bonchev–Trinajstić information content (AvgIpc) is 3.48. The number of phenols is 1. The number of methoxy groups -OCH3 is 2. The van der Waals surface area contributed by atoms with Gasteiger partial charge in [-0.3, -0.25) is 4.79 Å². The van der Waals surface area contributed by atoms with E-state index in [2.05, 4.69) is 5.32 Å². The second-order valence-corrected chi connectivity index (χ2v) is 9.90. The third-order valence-electron chi connectivity index (χ3n) is 6.94. The van der Waals surface area contributed by atoms with Crippen molar-refractivity contribution in [3.63, 3.8) is 0 Å². The molecule has 4 rings (SSSR count). The standard InChI is InChI=1S/C27H35NO6/c1-26(2,34-27(3,32-5)19-8-6-7-9-19)16-33-23-20(12-13-22(29)24(23)31-4)17-10-11-21-18(14-17)15-28-25(21)30/h10-14,19,29H,6-9,15-16H2,1-5H3,(H,28,30). The molecule has 1 saturated carbocycles. The summed E-state index contributed by atoms with van der Waals surface area (Å²) in [4.78, 5) is 12.0. The molecule has 1 atom stereocenters. The minimum atomic E-state index is -0.700. The molecule has 7 heteroatoms. The lowest BCUT2D eigenvalue weighted by atomic mass is 9.97. The Balaban J connectivity index is 1.61. The first-order chi connectivity index (χ1) is 16.2. The molecule has 1 amide bonds. The van der Waals surface area contributed by atoms with Crippen LogP contribution >= 0.6 is 0 Å². The maximum Gasteiger partial charge on any atom is 0.251 e. The summed E-state index contributed by atoms with van der Waals surface area (Å²) in [5.74, 6) is 0.249. The summed E-state index contributed by atoms with van der Waals surface area (Å²) in [5, 5.41) is 13.3. The summed E-state index contributed by atoms with van der Waals surface area (Å²) in [7, 11) is 3.19. The third-order valence-corrected chi connectivity index (χ3v) is 6.94. The molecule has 0 radical (unpaired) electrons. The number of ether oxygens (including phenoxy) is 4. The molecule has 2 N–H and O–H groups in total. The Morgan fingerprint density at radius 2 is 1.74 bits per heavy atom. The van der Waals surface area contributed by atoms with Gasteiger partial charge >= 0.3 is 0 Å². The van der Waals surface area contributed by atoms with Crippen LogP contribution < -0.4 is 14.8 Å². The van der Waals surface area contributed by atoms with E-state index < -0.39 is 11.4 Å². The van der Waals surface area contributed by atoms with E-state index in [9.17, 15) is 9.90 Å². The fraction of sp³-hybridized carbons (Fsp3) is 0.519. The number of hydrogen-bond donors (Lipinski definition) is 2. The van der Waals surface area contributed by atoms with Crippen molar-refractivity contribution in [1.82, 2.24) is 5.32 Å². The van der Waals surface area contributed by atoms with Crippen LogP contribution in [0.1, 0.15) is 62.4 Å². The second-order valence-electron chi connectivity index (χ2n) is 9.90. The van der Waals surface area contributed by atoms with Gasteiger partial charge in [-0.1, -0.05) is 18.9 Å². The first kappa shape index (κ1) is 24.4. The fourth-order valence-corrected chi connectivity index (χ4v) is 5.09. The number of nitrogens with one attached hydrogen (secondary N) is 1. The zero-order valence-corrected chi connectivity index (χ0v) is 20.7. The summed E-state index contributed by atoms with van der Waals surface area (Å²) in [5.41, 5.74) is 2.57. The molecule has 1 unspecified atom stereocenters. The van der Waals surface area contributed by atoms with Crippen LogP contribution in [0.15, 0.2) is 30.3 Å². The number of fused-ring (bicyclic) bond motifs is 1. The van der Waals surface area contributed by atoms with Crippen LogP contribution in [0.4, 0.5) is 0 Å². The number of rotatable bonds is 9. The zero-order valence-electron chi connectivity index (χ0n) is 20.7. The van der Waals surface area contributed by atoms with E-state index in [0.29, 0.717) is 23.8 Å². The molecule has 1 heterocycles. The smallest absolute Gasteiger partial charge is 0.251 e. The van der Waals surface area contributed by atoms with Gasteiger partial charge in [0, 0.05) is 30.7 Å². The normalized spacial score (nSPS) is 17.9. The predicted molar refractivity (Wildman–Crippen MR) is 129 cm³/mol. The summed E-state index contributed by atoms with van der Waals surface area (Å²) in [6.07, 6.45) is 4.55. The molecule has 184 valence electrons. The highest BCUT2D eigenvalue weighted by molar-refractivity contribution is 5.99. The molecule has 0 bridgehead atoms. The van der Waals surface area contributed by atoms with E-state index in [-0.39, 0.29) is 24.0 Å². The number of carbonyl (C=O) groups excluding carboxylic acids is 1. The Morgan fingerprint density at radius 3 is 2.41 bits per heavy atom. The van der Waals surface area contributed by atoms with Crippen LogP contribution in [0.5, 0.6) is 17.2 Å². The van der Waals surface area contributed by atoms with Gasteiger partial charge in [0.05, 0.1) is 12.7 Å². The van der Waals surface area contributed by atoms with Crippen LogP contribution in [0, 0.1) is 5.92 Å². The molecule has 1 fully saturated rings. The molecule has 2 aromatic rings. The van der Waals surface area contributed by atoms with Crippen molar-refractivity contribution >= 4 is 5.91 Å². The average molecular weight is 470 g/mol. The molecule has 1 aliphatic carbocycles. The molecule has 1 aliphatic heterocycles. The number of amides is 1. The largest absolute Gasteiger partial charge is 0.504 e. The van der Waals surface area contributed by atoms with Crippen LogP contribution in [-0.2, 0) is 16.0 Å². The van der Waals surface area contributed by atoms with Gasteiger partial charge in [0.25, 0.3) is 5.91 Å². The summed E-state index contributed by atoms with van der Waals surface area (Å²) in [6, 6.07) is 9.04. The number of aromatic hydroxyl groups is 1. The Kier molecular flexibility index (Phi) is 6.78. The lowest BCUT2D eigenvalue weighted by molar-refractivity contribution is -0.290. The van der Waals surface area contributed by atoms with E-state index in [4.69, 9.17) is 18.9 Å². The second kappa shape index (κ2) is 9.47. The van der Waals surface area contributed by atoms with Gasteiger partial charge in [-0.25, -0.2) is 0 Å². The Hall–Kier alpha value is -2.77. The fourth-order valence-electron chi connectivity index (χ4n) is 5.09. The molecular weight excluding hydrogens is 434 g/mol. The van der Waals surface area contributed by atoms with Gasteiger partial charge in [-0.2, -0.15) is 0 Å². The van der Waals surface area contributed by atoms with E-state index in [0.717, 1.165) is 29.5 Å². The number of phenolic OH excluding ortho intramolecular Hbond substituents is 1. The first-order valence-electron chi connectivity index (χ1n) is 11.9. The molecule has 7 nitrogen and oxygen atoms in total. The molecule has 2 aliphatic rings. The number of carbonyl (C=O) groups is 1. The molecule has 0 spiro atoms. The van der Waals surface area contributed by atoms with E-state index in [1.807, 2.05) is 39.0 Å². The Bertz CT molecular complexity index is 1060. The van der Waals surface area contributed by atoms with Gasteiger partial charge < -0.3 is 29.4 Å². The van der Waals surface area contributed by atoms with Crippen molar-refractivity contribution < 1.29 is 28.8 Å². The van der Waals surface area contributed by atoms with Crippen LogP contribution in [-0.4, -0.2) is 43.2 Å². The predicted octanol–water partition coefficient (Wildman–Crippen LogP) is 5.04. The van der Waals surface area contributed by atoms with Crippen molar-refractivity contribution in [3.05, 3.63) is 41.5 Å². The lowest BCUT2D eigenvalue weighted by Gasteiger charge is -2.41. The molecular formula is C27H35NO6. The molecule has 0 saturated heterocycles. The van der Waals surface area contributed by atoms with Gasteiger partial charge in [-0.15, -0.1) is 0 Å². The van der Waals surface area contributed by atoms with Gasteiger partial charge in [0.1, 0.15) is 6.61 Å². The Labute approximate surface area is 201 Å². The zero-order chi connectivity index (χ0) is 24.5. The van der Waals surface area contributed by atoms with Crippen molar-refractivity contribution in [1.29, 1.82) is 0 Å². The van der Waals surface area contributed by atoms with Gasteiger partial charge in [0.2, 0.25) is 5.75 Å². The highest BCUT2D eigenvalue weighted by atomic mass is 16.7. The Morgan fingerprint density at radius 1 is 1.03 bits per heavy atom. The minimum absolute atomic E-state index is 0.00864.